The summed E-state index contributed by atoms with van der Waals surface area (Å²) >= 11 is 0. The third-order valence-corrected chi connectivity index (χ3v) is 6.06. The van der Waals surface area contributed by atoms with Crippen LogP contribution in [0.5, 0.6) is 0 Å². The molecule has 0 amide bonds. The van der Waals surface area contributed by atoms with Crippen molar-refractivity contribution < 1.29 is 12.9 Å². The minimum Gasteiger partial charge on any atom is -0.338 e. The fourth-order valence-electron chi connectivity index (χ4n) is 3.06. The van der Waals surface area contributed by atoms with Crippen molar-refractivity contribution >= 4 is 10.0 Å². The first kappa shape index (κ1) is 18.8. The van der Waals surface area contributed by atoms with Crippen LogP contribution >= 0.6 is 0 Å². The van der Waals surface area contributed by atoms with Gasteiger partial charge in [-0.15, -0.1) is 0 Å². The molecule has 0 spiro atoms. The number of nitrogens with one attached hydrogen (secondary N) is 2. The van der Waals surface area contributed by atoms with Crippen LogP contribution in [0, 0.1) is 0 Å². The van der Waals surface area contributed by atoms with Crippen LogP contribution in [0.2, 0.25) is 0 Å². The lowest BCUT2D eigenvalue weighted by molar-refractivity contribution is 0.325. The van der Waals surface area contributed by atoms with Crippen LogP contribution in [0.25, 0.3) is 11.4 Å². The predicted octanol–water partition coefficient (Wildman–Crippen LogP) is 1.98. The molecular weight excluding hydrogens is 352 g/mol. The molecule has 0 radical (unpaired) electrons. The first-order chi connectivity index (χ1) is 12.3. The third-order valence-electron chi connectivity index (χ3n) is 4.74. The van der Waals surface area contributed by atoms with Crippen LogP contribution in [0.4, 0.5) is 0 Å². The quantitative estimate of drug-likeness (QED) is 0.748. The second-order valence-electron chi connectivity index (χ2n) is 6.85. The molecule has 0 bridgehead atoms. The SMILES string of the molecule is CNS(=O)(=O)Cc1ccccc1-c1noc(C(C)(C)C2=CCNCC2)n1. The molecule has 0 atom stereocenters. The Morgan fingerprint density at radius 3 is 2.77 bits per heavy atom. The van der Waals surface area contributed by atoms with E-state index in [1.54, 1.807) is 12.1 Å². The van der Waals surface area contributed by atoms with Crippen molar-refractivity contribution in [3.63, 3.8) is 0 Å². The van der Waals surface area contributed by atoms with Crippen molar-refractivity contribution in [1.29, 1.82) is 0 Å². The number of aromatic nitrogens is 2. The molecule has 1 aromatic carbocycles. The number of hydrogen-bond acceptors (Lipinski definition) is 6. The van der Waals surface area contributed by atoms with Gasteiger partial charge in [0.2, 0.25) is 21.7 Å². The minimum absolute atomic E-state index is 0.135. The van der Waals surface area contributed by atoms with Gasteiger partial charge in [0.15, 0.2) is 0 Å². The van der Waals surface area contributed by atoms with Gasteiger partial charge >= 0.3 is 0 Å². The van der Waals surface area contributed by atoms with Crippen molar-refractivity contribution in [2.75, 3.05) is 20.1 Å². The molecule has 0 saturated heterocycles. The number of nitrogens with zero attached hydrogens (tertiary/aromatic N) is 2. The Morgan fingerprint density at radius 2 is 2.08 bits per heavy atom. The van der Waals surface area contributed by atoms with Gasteiger partial charge in [0.05, 0.1) is 11.2 Å². The average molecular weight is 376 g/mol. The van der Waals surface area contributed by atoms with Crippen LogP contribution in [-0.4, -0.2) is 38.7 Å². The van der Waals surface area contributed by atoms with Gasteiger partial charge in [0.25, 0.3) is 0 Å². The Morgan fingerprint density at radius 1 is 1.31 bits per heavy atom. The Hall–Kier alpha value is -2.03. The summed E-state index contributed by atoms with van der Waals surface area (Å²) in [6, 6.07) is 7.21. The molecule has 1 aliphatic heterocycles. The van der Waals surface area contributed by atoms with Crippen molar-refractivity contribution in [2.45, 2.75) is 31.4 Å². The van der Waals surface area contributed by atoms with Gasteiger partial charge in [0.1, 0.15) is 0 Å². The van der Waals surface area contributed by atoms with Gasteiger partial charge in [-0.25, -0.2) is 13.1 Å². The minimum atomic E-state index is -3.39. The standard InChI is InChI=1S/C18H24N4O3S/c1-18(2,14-8-10-20-11-9-14)17-21-16(22-25-17)15-7-5-4-6-13(15)12-26(23,24)19-3/h4-8,19-20H,9-12H2,1-3H3. The Bertz CT molecular complexity index is 916. The first-order valence-electron chi connectivity index (χ1n) is 8.57. The summed E-state index contributed by atoms with van der Waals surface area (Å²) < 4.78 is 31.8. The van der Waals surface area contributed by atoms with E-state index in [-0.39, 0.29) is 11.2 Å². The van der Waals surface area contributed by atoms with Gasteiger partial charge < -0.3 is 9.84 Å². The largest absolute Gasteiger partial charge is 0.338 e. The van der Waals surface area contributed by atoms with E-state index in [9.17, 15) is 8.42 Å². The van der Waals surface area contributed by atoms with E-state index in [0.29, 0.717) is 22.8 Å². The lowest BCUT2D eigenvalue weighted by atomic mass is 9.81. The zero-order valence-corrected chi connectivity index (χ0v) is 16.1. The Balaban J connectivity index is 1.95. The fourth-order valence-corrected chi connectivity index (χ4v) is 3.86. The highest BCUT2D eigenvalue weighted by Gasteiger charge is 2.32. The topological polar surface area (TPSA) is 97.1 Å². The molecular formula is C18H24N4O3S. The molecule has 0 saturated carbocycles. The zero-order valence-electron chi connectivity index (χ0n) is 15.2. The number of sulfonamides is 1. The summed E-state index contributed by atoms with van der Waals surface area (Å²) in [5.74, 6) is 0.806. The normalized spacial score (nSPS) is 15.7. The van der Waals surface area contributed by atoms with Crippen LogP contribution < -0.4 is 10.0 Å². The van der Waals surface area contributed by atoms with Crippen molar-refractivity contribution in [3.05, 3.63) is 47.4 Å². The molecule has 8 heteroatoms. The summed E-state index contributed by atoms with van der Waals surface area (Å²) in [5, 5.41) is 7.42. The highest BCUT2D eigenvalue weighted by molar-refractivity contribution is 7.88. The van der Waals surface area contributed by atoms with Gasteiger partial charge in [-0.05, 0) is 39.4 Å². The van der Waals surface area contributed by atoms with E-state index in [2.05, 4.69) is 40.1 Å². The van der Waals surface area contributed by atoms with E-state index >= 15 is 0 Å². The van der Waals surface area contributed by atoms with Crippen molar-refractivity contribution in [1.82, 2.24) is 20.2 Å². The molecule has 1 aromatic heterocycles. The summed E-state index contributed by atoms with van der Waals surface area (Å²) in [6.45, 7) is 5.91. The van der Waals surface area contributed by atoms with Gasteiger partial charge in [-0.1, -0.05) is 41.1 Å². The molecule has 2 N–H and O–H groups in total. The van der Waals surface area contributed by atoms with Crippen LogP contribution in [0.15, 0.2) is 40.4 Å². The van der Waals surface area contributed by atoms with Crippen LogP contribution in [-0.2, 0) is 21.2 Å². The molecule has 7 nitrogen and oxygen atoms in total. The lowest BCUT2D eigenvalue weighted by Crippen LogP contribution is -2.29. The summed E-state index contributed by atoms with van der Waals surface area (Å²) in [4.78, 5) is 4.59. The zero-order chi connectivity index (χ0) is 18.8. The molecule has 2 aromatic rings. The number of hydrogen-bond donors (Lipinski definition) is 2. The van der Waals surface area contributed by atoms with E-state index in [1.807, 2.05) is 12.1 Å². The fraction of sp³-hybridized carbons (Fsp3) is 0.444. The van der Waals surface area contributed by atoms with E-state index in [0.717, 1.165) is 19.5 Å². The Labute approximate surface area is 153 Å². The highest BCUT2D eigenvalue weighted by Crippen LogP contribution is 2.34. The van der Waals surface area contributed by atoms with Gasteiger partial charge in [-0.3, -0.25) is 0 Å². The van der Waals surface area contributed by atoms with Crippen molar-refractivity contribution in [2.24, 2.45) is 0 Å². The molecule has 140 valence electrons. The highest BCUT2D eigenvalue weighted by atomic mass is 32.2. The average Bonchev–Trinajstić information content (AvgIpc) is 3.13. The maximum Gasteiger partial charge on any atom is 0.236 e. The number of benzene rings is 1. The smallest absolute Gasteiger partial charge is 0.236 e. The molecule has 0 unspecified atom stereocenters. The van der Waals surface area contributed by atoms with Gasteiger partial charge in [-0.2, -0.15) is 4.98 Å². The maximum absolute atomic E-state index is 11.9. The first-order valence-corrected chi connectivity index (χ1v) is 10.2. The summed E-state index contributed by atoms with van der Waals surface area (Å²) in [5.41, 5.74) is 2.20. The molecule has 0 aliphatic carbocycles. The summed E-state index contributed by atoms with van der Waals surface area (Å²) in [7, 11) is -1.99. The van der Waals surface area contributed by atoms with E-state index < -0.39 is 10.0 Å². The predicted molar refractivity (Wildman–Crippen MR) is 100 cm³/mol. The molecule has 3 rings (SSSR count). The van der Waals surface area contributed by atoms with E-state index in [4.69, 9.17) is 4.52 Å². The second kappa shape index (κ2) is 7.30. The van der Waals surface area contributed by atoms with Crippen molar-refractivity contribution in [3.8, 4) is 11.4 Å². The molecule has 2 heterocycles. The van der Waals surface area contributed by atoms with Gasteiger partial charge in [0, 0.05) is 12.1 Å². The Kier molecular flexibility index (Phi) is 5.27. The summed E-state index contributed by atoms with van der Waals surface area (Å²) in [6.07, 6.45) is 3.10. The molecule has 26 heavy (non-hydrogen) atoms. The van der Waals surface area contributed by atoms with Crippen LogP contribution in [0.3, 0.4) is 0 Å². The second-order valence-corrected chi connectivity index (χ2v) is 8.78. The monoisotopic (exact) mass is 376 g/mol. The third kappa shape index (κ3) is 3.87. The maximum atomic E-state index is 11.9. The lowest BCUT2D eigenvalue weighted by Gasteiger charge is -2.27. The molecule has 1 aliphatic rings. The van der Waals surface area contributed by atoms with E-state index in [1.165, 1.54) is 12.6 Å². The van der Waals surface area contributed by atoms with Crippen LogP contribution in [0.1, 0.15) is 31.7 Å². The number of rotatable bonds is 6. The molecule has 0 fully saturated rings.